The molecule has 9 heteroatoms. The van der Waals surface area contributed by atoms with Crippen LogP contribution >= 0.6 is 0 Å². The van der Waals surface area contributed by atoms with Gasteiger partial charge < -0.3 is 9.84 Å². The van der Waals surface area contributed by atoms with Crippen molar-refractivity contribution in [1.82, 2.24) is 4.98 Å². The van der Waals surface area contributed by atoms with Crippen LogP contribution in [-0.4, -0.2) is 28.4 Å². The maximum absolute atomic E-state index is 12.7. The quantitative estimate of drug-likeness (QED) is 0.660. The van der Waals surface area contributed by atoms with Gasteiger partial charge in [0.1, 0.15) is 23.0 Å². The molecule has 0 aliphatic heterocycles. The number of carbonyl (C=O) groups excluding carboxylic acids is 2. The number of halogens is 3. The van der Waals surface area contributed by atoms with Gasteiger partial charge in [0, 0.05) is 6.42 Å². The number of hydrogen-bond acceptors (Lipinski definition) is 6. The van der Waals surface area contributed by atoms with E-state index >= 15 is 0 Å². The normalized spacial score (nSPS) is 10.9. The fraction of sp³-hybridized carbons (Fsp3) is 0.385. The van der Waals surface area contributed by atoms with Crippen molar-refractivity contribution in [3.05, 3.63) is 23.0 Å². The number of esters is 1. The average molecular weight is 316 g/mol. The number of alkyl halides is 3. The molecule has 0 atom stereocenters. The summed E-state index contributed by atoms with van der Waals surface area (Å²) in [5.74, 6) is -3.06. The van der Waals surface area contributed by atoms with Crippen molar-refractivity contribution >= 4 is 11.8 Å². The standard InChI is InChI=1S/C13H11F3N2O4/c1-2-22-10(20)4-3-9(19)11-12(21)8(13(14,15)16)5-7(6-17)18-11/h5,21H,2-4H2,1H3. The van der Waals surface area contributed by atoms with Crippen molar-refractivity contribution < 1.29 is 32.6 Å². The molecule has 0 spiro atoms. The zero-order chi connectivity index (χ0) is 16.9. The third kappa shape index (κ3) is 4.18. The zero-order valence-electron chi connectivity index (χ0n) is 11.4. The zero-order valence-corrected chi connectivity index (χ0v) is 11.4. The lowest BCUT2D eigenvalue weighted by molar-refractivity contribution is -0.143. The fourth-order valence-electron chi connectivity index (χ4n) is 1.57. The largest absolute Gasteiger partial charge is 0.505 e. The molecule has 0 amide bonds. The van der Waals surface area contributed by atoms with Crippen molar-refractivity contribution in [2.45, 2.75) is 25.9 Å². The van der Waals surface area contributed by atoms with Crippen LogP contribution in [0.5, 0.6) is 5.75 Å². The number of ketones is 1. The Morgan fingerprint density at radius 2 is 2.05 bits per heavy atom. The Kier molecular flexibility index (Phi) is 5.45. The summed E-state index contributed by atoms with van der Waals surface area (Å²) < 4.78 is 42.8. The second-order valence-corrected chi connectivity index (χ2v) is 4.09. The third-order valence-corrected chi connectivity index (χ3v) is 2.54. The predicted octanol–water partition coefficient (Wildman–Crippen LogP) is 2.20. The Hall–Kier alpha value is -2.63. The molecule has 0 fully saturated rings. The number of Topliss-reactive ketones (excluding diaryl/α,β-unsaturated/α-hetero) is 1. The highest BCUT2D eigenvalue weighted by atomic mass is 19.4. The fourth-order valence-corrected chi connectivity index (χ4v) is 1.57. The Bertz CT molecular complexity index is 635. The molecular weight excluding hydrogens is 305 g/mol. The van der Waals surface area contributed by atoms with E-state index < -0.39 is 47.1 Å². The van der Waals surface area contributed by atoms with E-state index in [4.69, 9.17) is 5.26 Å². The van der Waals surface area contributed by atoms with Crippen molar-refractivity contribution in [2.24, 2.45) is 0 Å². The lowest BCUT2D eigenvalue weighted by Crippen LogP contribution is -2.13. The van der Waals surface area contributed by atoms with Crippen LogP contribution in [0.4, 0.5) is 13.2 Å². The van der Waals surface area contributed by atoms with Gasteiger partial charge in [0.2, 0.25) is 0 Å². The van der Waals surface area contributed by atoms with Crippen molar-refractivity contribution in [1.29, 1.82) is 5.26 Å². The minimum atomic E-state index is -4.95. The van der Waals surface area contributed by atoms with Crippen molar-refractivity contribution in [2.75, 3.05) is 6.61 Å². The van der Waals surface area contributed by atoms with Gasteiger partial charge in [-0.3, -0.25) is 9.59 Å². The molecule has 0 radical (unpaired) electrons. The number of rotatable bonds is 5. The monoisotopic (exact) mass is 316 g/mol. The molecule has 1 N–H and O–H groups in total. The Labute approximate surface area is 123 Å². The van der Waals surface area contributed by atoms with Gasteiger partial charge in [-0.2, -0.15) is 18.4 Å². The number of aromatic hydroxyl groups is 1. The average Bonchev–Trinajstić information content (AvgIpc) is 2.44. The molecule has 0 saturated heterocycles. The van der Waals surface area contributed by atoms with Gasteiger partial charge in [-0.25, -0.2) is 4.98 Å². The van der Waals surface area contributed by atoms with Gasteiger partial charge in [0.15, 0.2) is 11.5 Å². The summed E-state index contributed by atoms with van der Waals surface area (Å²) in [6.07, 6.45) is -5.81. The highest BCUT2D eigenvalue weighted by Gasteiger charge is 2.37. The van der Waals surface area contributed by atoms with Gasteiger partial charge in [0.25, 0.3) is 0 Å². The van der Waals surface area contributed by atoms with E-state index in [0.717, 1.165) is 0 Å². The first kappa shape index (κ1) is 17.4. The van der Waals surface area contributed by atoms with Crippen LogP contribution in [0.3, 0.4) is 0 Å². The van der Waals surface area contributed by atoms with Crippen LogP contribution in [-0.2, 0) is 15.7 Å². The molecule has 0 bridgehead atoms. The van der Waals surface area contributed by atoms with Gasteiger partial charge in [-0.1, -0.05) is 0 Å². The molecule has 0 aromatic carbocycles. The number of aromatic nitrogens is 1. The first-order chi connectivity index (χ1) is 10.2. The first-order valence-corrected chi connectivity index (χ1v) is 6.10. The molecule has 0 saturated carbocycles. The SMILES string of the molecule is CCOC(=O)CCC(=O)c1nc(C#N)cc(C(F)(F)F)c1O. The maximum Gasteiger partial charge on any atom is 0.420 e. The summed E-state index contributed by atoms with van der Waals surface area (Å²) >= 11 is 0. The molecule has 6 nitrogen and oxygen atoms in total. The molecule has 0 aliphatic rings. The van der Waals surface area contributed by atoms with Crippen LogP contribution in [0.25, 0.3) is 0 Å². The molecule has 22 heavy (non-hydrogen) atoms. The minimum absolute atomic E-state index is 0.0959. The van der Waals surface area contributed by atoms with E-state index in [1.165, 1.54) is 6.07 Å². The van der Waals surface area contributed by atoms with Crippen LogP contribution in [0.1, 0.15) is 41.5 Å². The lowest BCUT2D eigenvalue weighted by atomic mass is 10.1. The van der Waals surface area contributed by atoms with Gasteiger partial charge >= 0.3 is 12.1 Å². The lowest BCUT2D eigenvalue weighted by Gasteiger charge is -2.11. The van der Waals surface area contributed by atoms with E-state index in [2.05, 4.69) is 9.72 Å². The maximum atomic E-state index is 12.7. The summed E-state index contributed by atoms with van der Waals surface area (Å²) in [5.41, 5.74) is -3.08. The van der Waals surface area contributed by atoms with E-state index in [1.807, 2.05) is 0 Å². The highest BCUT2D eigenvalue weighted by molar-refractivity contribution is 5.98. The smallest absolute Gasteiger partial charge is 0.420 e. The highest BCUT2D eigenvalue weighted by Crippen LogP contribution is 2.37. The number of hydrogen-bond donors (Lipinski definition) is 1. The first-order valence-electron chi connectivity index (χ1n) is 6.10. The summed E-state index contributed by atoms with van der Waals surface area (Å²) in [7, 11) is 0. The number of ether oxygens (including phenoxy) is 1. The summed E-state index contributed by atoms with van der Waals surface area (Å²) in [6, 6.07) is 1.73. The summed E-state index contributed by atoms with van der Waals surface area (Å²) in [5, 5.41) is 18.2. The minimum Gasteiger partial charge on any atom is -0.505 e. The molecule has 1 aromatic heterocycles. The second kappa shape index (κ2) is 6.89. The third-order valence-electron chi connectivity index (χ3n) is 2.54. The molecule has 0 aliphatic carbocycles. The predicted molar refractivity (Wildman–Crippen MR) is 65.8 cm³/mol. The number of carbonyl (C=O) groups is 2. The summed E-state index contributed by atoms with van der Waals surface area (Å²) in [6.45, 7) is 1.65. The van der Waals surface area contributed by atoms with Crippen LogP contribution in [0.15, 0.2) is 6.07 Å². The second-order valence-electron chi connectivity index (χ2n) is 4.09. The Morgan fingerprint density at radius 3 is 2.55 bits per heavy atom. The number of nitriles is 1. The molecule has 1 aromatic rings. The Morgan fingerprint density at radius 1 is 1.41 bits per heavy atom. The molecule has 0 unspecified atom stereocenters. The van der Waals surface area contributed by atoms with Crippen molar-refractivity contribution in [3.63, 3.8) is 0 Å². The topological polar surface area (TPSA) is 100 Å². The van der Waals surface area contributed by atoms with Gasteiger partial charge in [0.05, 0.1) is 13.0 Å². The van der Waals surface area contributed by atoms with E-state index in [9.17, 15) is 27.9 Å². The molecular formula is C13H11F3N2O4. The van der Waals surface area contributed by atoms with Crippen LogP contribution < -0.4 is 0 Å². The van der Waals surface area contributed by atoms with Crippen molar-refractivity contribution in [3.8, 4) is 11.8 Å². The molecule has 1 rings (SSSR count). The van der Waals surface area contributed by atoms with E-state index in [0.29, 0.717) is 6.07 Å². The Balaban J connectivity index is 3.11. The molecule has 118 valence electrons. The van der Waals surface area contributed by atoms with Crippen LogP contribution in [0.2, 0.25) is 0 Å². The van der Waals surface area contributed by atoms with Crippen LogP contribution in [0, 0.1) is 11.3 Å². The number of nitrogens with zero attached hydrogens (tertiary/aromatic N) is 2. The van der Waals surface area contributed by atoms with Gasteiger partial charge in [-0.15, -0.1) is 0 Å². The summed E-state index contributed by atoms with van der Waals surface area (Å²) in [4.78, 5) is 26.3. The molecule has 1 heterocycles. The van der Waals surface area contributed by atoms with E-state index in [1.54, 1.807) is 6.92 Å². The van der Waals surface area contributed by atoms with Gasteiger partial charge in [-0.05, 0) is 13.0 Å². The van der Waals surface area contributed by atoms with E-state index in [-0.39, 0.29) is 13.0 Å². The number of pyridine rings is 1.